The van der Waals surface area contributed by atoms with Gasteiger partial charge in [0.25, 0.3) is 5.91 Å². The molecule has 1 aromatic carbocycles. The van der Waals surface area contributed by atoms with Crippen LogP contribution in [-0.2, 0) is 0 Å². The number of amides is 1. The minimum Gasteiger partial charge on any atom is -0.502 e. The standard InChI is InChI=1S/C15H16N4O4/c20-14-12(3-1-4-13(14)19(22)23)15(21)17-9-5-11(6-10-17)18-8-2-7-16-18/h1-4,7-8,11,20H,5-6,9-10H2. The van der Waals surface area contributed by atoms with Gasteiger partial charge in [0, 0.05) is 31.5 Å². The Hall–Kier alpha value is -2.90. The van der Waals surface area contributed by atoms with Crippen molar-refractivity contribution >= 4 is 11.6 Å². The van der Waals surface area contributed by atoms with Crippen molar-refractivity contribution in [3.8, 4) is 5.75 Å². The minimum absolute atomic E-state index is 0.0308. The molecule has 0 spiro atoms. The molecule has 1 saturated heterocycles. The SMILES string of the molecule is O=C(c1cccc([N+](=O)[O-])c1O)N1CCC(n2cccn2)CC1. The first-order valence-electron chi connectivity index (χ1n) is 7.32. The molecule has 0 unspecified atom stereocenters. The average Bonchev–Trinajstić information content (AvgIpc) is 3.09. The second-order valence-corrected chi connectivity index (χ2v) is 5.44. The summed E-state index contributed by atoms with van der Waals surface area (Å²) in [4.78, 5) is 24.3. The van der Waals surface area contributed by atoms with Gasteiger partial charge in [-0.15, -0.1) is 0 Å². The number of carbonyl (C=O) groups is 1. The second kappa shape index (κ2) is 6.07. The Balaban J connectivity index is 1.73. The fourth-order valence-electron chi connectivity index (χ4n) is 2.85. The van der Waals surface area contributed by atoms with Gasteiger partial charge in [-0.3, -0.25) is 19.6 Å². The van der Waals surface area contributed by atoms with Crippen LogP contribution in [0.15, 0.2) is 36.7 Å². The number of nitrogens with zero attached hydrogens (tertiary/aromatic N) is 4. The van der Waals surface area contributed by atoms with Gasteiger partial charge < -0.3 is 10.0 Å². The predicted molar refractivity (Wildman–Crippen MR) is 81.2 cm³/mol. The van der Waals surface area contributed by atoms with Gasteiger partial charge >= 0.3 is 5.69 Å². The van der Waals surface area contributed by atoms with Crippen LogP contribution in [0.4, 0.5) is 5.69 Å². The number of carbonyl (C=O) groups excluding carboxylic acids is 1. The molecule has 8 nitrogen and oxygen atoms in total. The number of para-hydroxylation sites is 1. The highest BCUT2D eigenvalue weighted by molar-refractivity contribution is 5.98. The van der Waals surface area contributed by atoms with Crippen molar-refractivity contribution in [2.24, 2.45) is 0 Å². The number of rotatable bonds is 3. The summed E-state index contributed by atoms with van der Waals surface area (Å²) < 4.78 is 1.88. The average molecular weight is 316 g/mol. The summed E-state index contributed by atoms with van der Waals surface area (Å²) >= 11 is 0. The zero-order valence-electron chi connectivity index (χ0n) is 12.3. The number of benzene rings is 1. The summed E-state index contributed by atoms with van der Waals surface area (Å²) in [6.07, 6.45) is 5.12. The predicted octanol–water partition coefficient (Wildman–Crippen LogP) is 1.97. The molecular weight excluding hydrogens is 300 g/mol. The smallest absolute Gasteiger partial charge is 0.311 e. The van der Waals surface area contributed by atoms with Crippen molar-refractivity contribution in [2.75, 3.05) is 13.1 Å². The van der Waals surface area contributed by atoms with Crippen molar-refractivity contribution in [1.29, 1.82) is 0 Å². The van der Waals surface area contributed by atoms with Crippen molar-refractivity contribution in [2.45, 2.75) is 18.9 Å². The molecule has 1 N–H and O–H groups in total. The van der Waals surface area contributed by atoms with E-state index in [0.29, 0.717) is 13.1 Å². The van der Waals surface area contributed by atoms with Crippen LogP contribution in [0.1, 0.15) is 29.2 Å². The van der Waals surface area contributed by atoms with E-state index in [-0.39, 0.29) is 17.5 Å². The molecule has 2 aromatic rings. The van der Waals surface area contributed by atoms with Gasteiger partial charge in [-0.1, -0.05) is 6.07 Å². The van der Waals surface area contributed by atoms with Crippen LogP contribution in [0.5, 0.6) is 5.75 Å². The number of hydrogen-bond acceptors (Lipinski definition) is 5. The number of piperidine rings is 1. The van der Waals surface area contributed by atoms with Crippen LogP contribution in [0, 0.1) is 10.1 Å². The van der Waals surface area contributed by atoms with E-state index in [1.807, 2.05) is 16.9 Å². The summed E-state index contributed by atoms with van der Waals surface area (Å²) in [5, 5.41) is 25.0. The molecule has 0 radical (unpaired) electrons. The Morgan fingerprint density at radius 2 is 2.04 bits per heavy atom. The molecule has 0 saturated carbocycles. The lowest BCUT2D eigenvalue weighted by atomic mass is 10.0. The maximum Gasteiger partial charge on any atom is 0.311 e. The van der Waals surface area contributed by atoms with E-state index in [9.17, 15) is 20.0 Å². The molecule has 3 rings (SSSR count). The van der Waals surface area contributed by atoms with Crippen molar-refractivity contribution in [3.05, 3.63) is 52.3 Å². The summed E-state index contributed by atoms with van der Waals surface area (Å²) in [5.41, 5.74) is -0.487. The molecular formula is C15H16N4O4. The highest BCUT2D eigenvalue weighted by Gasteiger charge is 2.28. The Kier molecular flexibility index (Phi) is 3.96. The minimum atomic E-state index is -0.698. The number of phenols is 1. The third-order valence-electron chi connectivity index (χ3n) is 4.09. The number of likely N-dealkylation sites (tertiary alicyclic amines) is 1. The van der Waals surface area contributed by atoms with E-state index < -0.39 is 16.4 Å². The summed E-state index contributed by atoms with van der Waals surface area (Å²) in [5.74, 6) is -0.957. The highest BCUT2D eigenvalue weighted by Crippen LogP contribution is 2.31. The Labute approximate surface area is 132 Å². The quantitative estimate of drug-likeness (QED) is 0.689. The fourth-order valence-corrected chi connectivity index (χ4v) is 2.85. The van der Waals surface area contributed by atoms with Gasteiger partial charge in [-0.05, 0) is 25.0 Å². The topological polar surface area (TPSA) is 101 Å². The Bertz CT molecular complexity index is 721. The number of hydrogen-bond donors (Lipinski definition) is 1. The van der Waals surface area contributed by atoms with E-state index in [2.05, 4.69) is 5.10 Å². The van der Waals surface area contributed by atoms with Gasteiger partial charge in [-0.25, -0.2) is 0 Å². The normalized spacial score (nSPS) is 15.6. The van der Waals surface area contributed by atoms with Crippen LogP contribution >= 0.6 is 0 Å². The zero-order valence-corrected chi connectivity index (χ0v) is 12.3. The van der Waals surface area contributed by atoms with E-state index in [0.717, 1.165) is 12.8 Å². The van der Waals surface area contributed by atoms with Gasteiger partial charge in [0.05, 0.1) is 16.5 Å². The fraction of sp³-hybridized carbons (Fsp3) is 0.333. The largest absolute Gasteiger partial charge is 0.502 e. The van der Waals surface area contributed by atoms with Crippen LogP contribution in [0.3, 0.4) is 0 Å². The number of aromatic nitrogens is 2. The maximum atomic E-state index is 12.5. The molecule has 1 fully saturated rings. The number of nitro groups is 1. The Morgan fingerprint density at radius 3 is 2.65 bits per heavy atom. The summed E-state index contributed by atoms with van der Waals surface area (Å²) in [6, 6.07) is 6.09. The van der Waals surface area contributed by atoms with Crippen LogP contribution in [0.2, 0.25) is 0 Å². The number of phenolic OH excluding ortho intramolecular Hbond substituents is 1. The molecule has 1 amide bonds. The molecule has 8 heteroatoms. The molecule has 1 aliphatic heterocycles. The first-order chi connectivity index (χ1) is 11.1. The van der Waals surface area contributed by atoms with Crippen molar-refractivity contribution in [1.82, 2.24) is 14.7 Å². The molecule has 1 aliphatic rings. The number of nitro benzene ring substituents is 1. The van der Waals surface area contributed by atoms with Crippen molar-refractivity contribution in [3.63, 3.8) is 0 Å². The molecule has 2 heterocycles. The van der Waals surface area contributed by atoms with Crippen LogP contribution in [0.25, 0.3) is 0 Å². The molecule has 0 bridgehead atoms. The second-order valence-electron chi connectivity index (χ2n) is 5.44. The van der Waals surface area contributed by atoms with Crippen LogP contribution in [-0.4, -0.2) is 43.7 Å². The molecule has 120 valence electrons. The van der Waals surface area contributed by atoms with Gasteiger partial charge in [0.2, 0.25) is 5.75 Å². The van der Waals surface area contributed by atoms with Gasteiger partial charge in [0.15, 0.2) is 0 Å². The van der Waals surface area contributed by atoms with Crippen molar-refractivity contribution < 1.29 is 14.8 Å². The third kappa shape index (κ3) is 2.87. The first-order valence-corrected chi connectivity index (χ1v) is 7.32. The molecule has 0 aliphatic carbocycles. The van der Waals surface area contributed by atoms with Crippen LogP contribution < -0.4 is 0 Å². The summed E-state index contributed by atoms with van der Waals surface area (Å²) in [6.45, 7) is 1.04. The maximum absolute atomic E-state index is 12.5. The third-order valence-corrected chi connectivity index (χ3v) is 4.09. The number of aromatic hydroxyl groups is 1. The van der Waals surface area contributed by atoms with Gasteiger partial charge in [0.1, 0.15) is 0 Å². The van der Waals surface area contributed by atoms with E-state index in [1.54, 1.807) is 11.1 Å². The lowest BCUT2D eigenvalue weighted by Gasteiger charge is -2.32. The molecule has 1 aromatic heterocycles. The van der Waals surface area contributed by atoms with E-state index >= 15 is 0 Å². The van der Waals surface area contributed by atoms with E-state index in [1.165, 1.54) is 18.2 Å². The first kappa shape index (κ1) is 15.0. The lowest BCUT2D eigenvalue weighted by molar-refractivity contribution is -0.385. The lowest BCUT2D eigenvalue weighted by Crippen LogP contribution is -2.39. The summed E-state index contributed by atoms with van der Waals surface area (Å²) in [7, 11) is 0. The zero-order chi connectivity index (χ0) is 16.4. The van der Waals surface area contributed by atoms with E-state index in [4.69, 9.17) is 0 Å². The molecule has 23 heavy (non-hydrogen) atoms. The monoisotopic (exact) mass is 316 g/mol. The molecule has 0 atom stereocenters. The van der Waals surface area contributed by atoms with Gasteiger partial charge in [-0.2, -0.15) is 5.10 Å². The Morgan fingerprint density at radius 1 is 1.30 bits per heavy atom. The highest BCUT2D eigenvalue weighted by atomic mass is 16.6.